The van der Waals surface area contributed by atoms with Crippen molar-refractivity contribution in [3.63, 3.8) is 0 Å². The summed E-state index contributed by atoms with van der Waals surface area (Å²) in [6.45, 7) is 1.90. The molecule has 0 aliphatic rings. The van der Waals surface area contributed by atoms with Gasteiger partial charge in [-0.3, -0.25) is 0 Å². The van der Waals surface area contributed by atoms with Gasteiger partial charge in [0.05, 0.1) is 0 Å². The van der Waals surface area contributed by atoms with Gasteiger partial charge in [-0.2, -0.15) is 0 Å². The number of fused-ring (bicyclic) bond motifs is 1. The fraction of sp³-hybridized carbons (Fsp3) is 0.111. The first-order valence-electron chi connectivity index (χ1n) is 3.97. The summed E-state index contributed by atoms with van der Waals surface area (Å²) in [6, 6.07) is 3.41. The Morgan fingerprint density at radius 1 is 1.57 bits per heavy atom. The van der Waals surface area contributed by atoms with Crippen LogP contribution in [0.3, 0.4) is 0 Å². The Labute approximate surface area is 88.1 Å². The highest BCUT2D eigenvalue weighted by Crippen LogP contribution is 2.24. The number of rotatable bonds is 1. The minimum absolute atomic E-state index is 0.0335. The lowest BCUT2D eigenvalue weighted by atomic mass is 10.3. The monoisotopic (exact) mass is 254 g/mol. The second kappa shape index (κ2) is 3.09. The van der Waals surface area contributed by atoms with Crippen molar-refractivity contribution in [3.8, 4) is 0 Å². The summed E-state index contributed by atoms with van der Waals surface area (Å²) >= 11 is 3.31. The standard InChI is InChI=1S/C9H7BrN2O2/c1-4-2-5-6(10)3-7(9(13)14)12-8(5)11-4/h2-3H,1H3,(H,11,12)(H,13,14). The molecule has 72 valence electrons. The third kappa shape index (κ3) is 1.39. The number of hydrogen-bond donors (Lipinski definition) is 2. The number of nitrogens with zero attached hydrogens (tertiary/aromatic N) is 1. The Bertz CT molecular complexity index is 519. The Morgan fingerprint density at radius 3 is 2.93 bits per heavy atom. The maximum Gasteiger partial charge on any atom is 0.354 e. The van der Waals surface area contributed by atoms with Gasteiger partial charge >= 0.3 is 5.97 Å². The summed E-state index contributed by atoms with van der Waals surface area (Å²) in [5.41, 5.74) is 1.58. The first-order chi connectivity index (χ1) is 6.58. The number of H-pyrrole nitrogens is 1. The van der Waals surface area contributed by atoms with Crippen molar-refractivity contribution in [2.75, 3.05) is 0 Å². The van der Waals surface area contributed by atoms with Gasteiger partial charge in [-0.15, -0.1) is 0 Å². The van der Waals surface area contributed by atoms with Crippen LogP contribution in [0.15, 0.2) is 16.6 Å². The predicted octanol–water partition coefficient (Wildman–Crippen LogP) is 2.33. The van der Waals surface area contributed by atoms with Crippen LogP contribution in [-0.4, -0.2) is 21.0 Å². The minimum atomic E-state index is -1.03. The molecule has 0 fully saturated rings. The SMILES string of the molecule is Cc1cc2c(Br)cc(C(=O)O)nc2[nH]1. The number of hydrogen-bond acceptors (Lipinski definition) is 2. The van der Waals surface area contributed by atoms with E-state index in [0.717, 1.165) is 15.6 Å². The highest BCUT2D eigenvalue weighted by Gasteiger charge is 2.10. The van der Waals surface area contributed by atoms with Crippen molar-refractivity contribution in [1.82, 2.24) is 9.97 Å². The van der Waals surface area contributed by atoms with Gasteiger partial charge < -0.3 is 10.1 Å². The Balaban J connectivity index is 2.77. The summed E-state index contributed by atoms with van der Waals surface area (Å²) in [5, 5.41) is 9.67. The molecule has 2 aromatic rings. The zero-order valence-electron chi connectivity index (χ0n) is 7.34. The maximum atomic E-state index is 10.7. The number of aryl methyl sites for hydroxylation is 1. The van der Waals surface area contributed by atoms with Crippen molar-refractivity contribution in [3.05, 3.63) is 28.0 Å². The molecule has 2 N–H and O–H groups in total. The van der Waals surface area contributed by atoms with Gasteiger partial charge in [0.15, 0.2) is 5.69 Å². The van der Waals surface area contributed by atoms with Gasteiger partial charge in [-0.1, -0.05) is 0 Å². The average molecular weight is 255 g/mol. The largest absolute Gasteiger partial charge is 0.477 e. The van der Waals surface area contributed by atoms with E-state index in [9.17, 15) is 4.79 Å². The van der Waals surface area contributed by atoms with Crippen LogP contribution in [0.1, 0.15) is 16.2 Å². The third-order valence-corrected chi connectivity index (χ3v) is 2.56. The van der Waals surface area contributed by atoms with E-state index in [1.54, 1.807) is 0 Å². The van der Waals surface area contributed by atoms with Crippen LogP contribution in [0.2, 0.25) is 0 Å². The molecular weight excluding hydrogens is 248 g/mol. The molecule has 0 saturated heterocycles. The van der Waals surface area contributed by atoms with E-state index in [1.165, 1.54) is 6.07 Å². The van der Waals surface area contributed by atoms with E-state index in [4.69, 9.17) is 5.11 Å². The highest BCUT2D eigenvalue weighted by molar-refractivity contribution is 9.10. The van der Waals surface area contributed by atoms with E-state index >= 15 is 0 Å². The number of aromatic amines is 1. The summed E-state index contributed by atoms with van der Waals surface area (Å²) in [6.07, 6.45) is 0. The Hall–Kier alpha value is -1.36. The van der Waals surface area contributed by atoms with Crippen molar-refractivity contribution < 1.29 is 9.90 Å². The fourth-order valence-corrected chi connectivity index (χ4v) is 1.82. The molecule has 0 radical (unpaired) electrons. The van der Waals surface area contributed by atoms with Crippen LogP contribution in [-0.2, 0) is 0 Å². The van der Waals surface area contributed by atoms with E-state index < -0.39 is 5.97 Å². The lowest BCUT2D eigenvalue weighted by Crippen LogP contribution is -2.00. The molecule has 0 atom stereocenters. The van der Waals surface area contributed by atoms with Crippen molar-refractivity contribution >= 4 is 32.9 Å². The first-order valence-corrected chi connectivity index (χ1v) is 4.76. The van der Waals surface area contributed by atoms with Crippen LogP contribution in [0.25, 0.3) is 11.0 Å². The Kier molecular flexibility index (Phi) is 2.03. The fourth-order valence-electron chi connectivity index (χ4n) is 1.31. The van der Waals surface area contributed by atoms with Gasteiger partial charge in [-0.25, -0.2) is 9.78 Å². The molecule has 0 aromatic carbocycles. The topological polar surface area (TPSA) is 66.0 Å². The molecule has 0 saturated carbocycles. The number of aromatic nitrogens is 2. The summed E-state index contributed by atoms with van der Waals surface area (Å²) in [7, 11) is 0. The second-order valence-electron chi connectivity index (χ2n) is 3.01. The molecule has 14 heavy (non-hydrogen) atoms. The van der Waals surface area contributed by atoms with Crippen LogP contribution in [0, 0.1) is 6.92 Å². The van der Waals surface area contributed by atoms with E-state index in [-0.39, 0.29) is 5.69 Å². The van der Waals surface area contributed by atoms with Crippen LogP contribution in [0.5, 0.6) is 0 Å². The van der Waals surface area contributed by atoms with Crippen molar-refractivity contribution in [2.24, 2.45) is 0 Å². The number of aromatic carboxylic acids is 1. The number of halogens is 1. The average Bonchev–Trinajstić information content (AvgIpc) is 2.45. The summed E-state index contributed by atoms with van der Waals surface area (Å²) < 4.78 is 0.740. The van der Waals surface area contributed by atoms with Gasteiger partial charge in [0.25, 0.3) is 0 Å². The molecule has 0 bridgehead atoms. The molecule has 4 nitrogen and oxygen atoms in total. The lowest BCUT2D eigenvalue weighted by molar-refractivity contribution is 0.0691. The first kappa shape index (κ1) is 9.21. The number of carboxylic acids is 1. The van der Waals surface area contributed by atoms with E-state index in [2.05, 4.69) is 25.9 Å². The molecule has 0 amide bonds. The van der Waals surface area contributed by atoms with Crippen molar-refractivity contribution in [2.45, 2.75) is 6.92 Å². The van der Waals surface area contributed by atoms with Crippen LogP contribution >= 0.6 is 15.9 Å². The van der Waals surface area contributed by atoms with Gasteiger partial charge in [-0.05, 0) is 35.0 Å². The zero-order chi connectivity index (χ0) is 10.3. The smallest absolute Gasteiger partial charge is 0.354 e. The number of carboxylic acid groups (broad SMARTS) is 1. The van der Waals surface area contributed by atoms with Crippen molar-refractivity contribution in [1.29, 1.82) is 0 Å². The molecule has 2 heterocycles. The van der Waals surface area contributed by atoms with Gasteiger partial charge in [0.2, 0.25) is 0 Å². The molecule has 0 unspecified atom stereocenters. The number of pyridine rings is 1. The zero-order valence-corrected chi connectivity index (χ0v) is 8.92. The number of nitrogens with one attached hydrogen (secondary N) is 1. The summed E-state index contributed by atoms with van der Waals surface area (Å²) in [4.78, 5) is 17.7. The molecule has 0 aliphatic carbocycles. The predicted molar refractivity (Wildman–Crippen MR) is 55.5 cm³/mol. The van der Waals surface area contributed by atoms with Gasteiger partial charge in [0.1, 0.15) is 5.65 Å². The lowest BCUT2D eigenvalue weighted by Gasteiger charge is -1.96. The minimum Gasteiger partial charge on any atom is -0.477 e. The maximum absolute atomic E-state index is 10.7. The number of carbonyl (C=O) groups is 1. The molecule has 5 heteroatoms. The molecule has 0 spiro atoms. The molecule has 2 rings (SSSR count). The second-order valence-corrected chi connectivity index (χ2v) is 3.86. The highest BCUT2D eigenvalue weighted by atomic mass is 79.9. The molecule has 0 aliphatic heterocycles. The third-order valence-electron chi connectivity index (χ3n) is 1.90. The summed E-state index contributed by atoms with van der Waals surface area (Å²) in [5.74, 6) is -1.03. The van der Waals surface area contributed by atoms with E-state index in [1.807, 2.05) is 13.0 Å². The molecule has 2 aromatic heterocycles. The quantitative estimate of drug-likeness (QED) is 0.821. The van der Waals surface area contributed by atoms with Gasteiger partial charge in [0, 0.05) is 15.6 Å². The molecular formula is C9H7BrN2O2. The van der Waals surface area contributed by atoms with Crippen LogP contribution < -0.4 is 0 Å². The normalized spacial score (nSPS) is 10.7. The van der Waals surface area contributed by atoms with E-state index in [0.29, 0.717) is 5.65 Å². The van der Waals surface area contributed by atoms with Crippen LogP contribution in [0.4, 0.5) is 0 Å². The Morgan fingerprint density at radius 2 is 2.29 bits per heavy atom.